The molecule has 0 heterocycles. The minimum absolute atomic E-state index is 0.288. The largest absolute Gasteiger partial charge is 0.381 e. The van der Waals surface area contributed by atoms with E-state index in [-0.39, 0.29) is 5.91 Å². The summed E-state index contributed by atoms with van der Waals surface area (Å²) in [5.41, 5.74) is 4.76. The van der Waals surface area contributed by atoms with Gasteiger partial charge in [-0.25, -0.2) is 0 Å². The van der Waals surface area contributed by atoms with Gasteiger partial charge in [0.25, 0.3) is 0 Å². The van der Waals surface area contributed by atoms with Crippen molar-refractivity contribution in [2.24, 2.45) is 5.73 Å². The average Bonchev–Trinajstić information content (AvgIpc) is 2.32. The van der Waals surface area contributed by atoms with Gasteiger partial charge in [-0.2, -0.15) is 0 Å². The molecule has 0 saturated heterocycles. The standard InChI is InChI=1S/C13H28N2O2/c1-4-5-7-10-17-11-8-6-9-13(2,15-3)12(14)16/h15H,4-11H2,1-3H3,(H2,14,16). The maximum atomic E-state index is 11.2. The van der Waals surface area contributed by atoms with Gasteiger partial charge in [0.1, 0.15) is 0 Å². The van der Waals surface area contributed by atoms with Gasteiger partial charge in [0.15, 0.2) is 0 Å². The van der Waals surface area contributed by atoms with Crippen molar-refractivity contribution in [1.82, 2.24) is 5.32 Å². The predicted molar refractivity (Wildman–Crippen MR) is 70.9 cm³/mol. The molecule has 0 aromatic carbocycles. The summed E-state index contributed by atoms with van der Waals surface area (Å²) in [6, 6.07) is 0. The summed E-state index contributed by atoms with van der Waals surface area (Å²) < 4.78 is 5.51. The van der Waals surface area contributed by atoms with Gasteiger partial charge in [0, 0.05) is 13.2 Å². The first-order valence-electron chi connectivity index (χ1n) is 6.63. The van der Waals surface area contributed by atoms with Gasteiger partial charge in [-0.3, -0.25) is 4.79 Å². The number of carbonyl (C=O) groups is 1. The quantitative estimate of drug-likeness (QED) is 0.545. The van der Waals surface area contributed by atoms with Gasteiger partial charge in [-0.05, 0) is 39.7 Å². The van der Waals surface area contributed by atoms with Crippen molar-refractivity contribution in [1.29, 1.82) is 0 Å². The van der Waals surface area contributed by atoms with E-state index < -0.39 is 5.54 Å². The van der Waals surface area contributed by atoms with E-state index in [2.05, 4.69) is 12.2 Å². The Morgan fingerprint density at radius 1 is 1.24 bits per heavy atom. The molecule has 0 aliphatic rings. The van der Waals surface area contributed by atoms with Crippen LogP contribution in [-0.2, 0) is 9.53 Å². The summed E-state index contributed by atoms with van der Waals surface area (Å²) in [6.07, 6.45) is 6.30. The Labute approximate surface area is 105 Å². The van der Waals surface area contributed by atoms with Crippen LogP contribution in [0, 0.1) is 0 Å². The van der Waals surface area contributed by atoms with E-state index in [1.807, 2.05) is 6.92 Å². The zero-order chi connectivity index (χ0) is 13.1. The normalized spacial score (nSPS) is 14.5. The van der Waals surface area contributed by atoms with Gasteiger partial charge >= 0.3 is 0 Å². The van der Waals surface area contributed by atoms with Gasteiger partial charge in [0.05, 0.1) is 5.54 Å². The minimum Gasteiger partial charge on any atom is -0.381 e. The highest BCUT2D eigenvalue weighted by Gasteiger charge is 2.27. The van der Waals surface area contributed by atoms with Crippen molar-refractivity contribution in [2.75, 3.05) is 20.3 Å². The van der Waals surface area contributed by atoms with Crippen molar-refractivity contribution < 1.29 is 9.53 Å². The number of nitrogens with one attached hydrogen (secondary N) is 1. The number of primary amides is 1. The average molecular weight is 244 g/mol. The fourth-order valence-corrected chi connectivity index (χ4v) is 1.61. The van der Waals surface area contributed by atoms with Gasteiger partial charge in [0.2, 0.25) is 5.91 Å². The second kappa shape index (κ2) is 9.42. The zero-order valence-electron chi connectivity index (χ0n) is 11.6. The Balaban J connectivity index is 3.47. The third kappa shape index (κ3) is 7.34. The molecule has 0 bridgehead atoms. The van der Waals surface area contributed by atoms with E-state index in [0.717, 1.165) is 38.9 Å². The number of unbranched alkanes of at least 4 members (excludes halogenated alkanes) is 3. The van der Waals surface area contributed by atoms with Crippen LogP contribution >= 0.6 is 0 Å². The van der Waals surface area contributed by atoms with Crippen LogP contribution in [0.25, 0.3) is 0 Å². The Bertz CT molecular complexity index is 210. The number of likely N-dealkylation sites (N-methyl/N-ethyl adjacent to an activating group) is 1. The molecular weight excluding hydrogens is 216 g/mol. The van der Waals surface area contributed by atoms with E-state index in [1.54, 1.807) is 7.05 Å². The van der Waals surface area contributed by atoms with E-state index in [9.17, 15) is 4.79 Å². The number of hydrogen-bond acceptors (Lipinski definition) is 3. The van der Waals surface area contributed by atoms with Crippen molar-refractivity contribution >= 4 is 5.91 Å². The molecule has 0 radical (unpaired) electrons. The van der Waals surface area contributed by atoms with Gasteiger partial charge in [-0.15, -0.1) is 0 Å². The Morgan fingerprint density at radius 2 is 1.82 bits per heavy atom. The molecule has 0 rings (SSSR count). The first kappa shape index (κ1) is 16.4. The van der Waals surface area contributed by atoms with Crippen LogP contribution in [0.5, 0.6) is 0 Å². The summed E-state index contributed by atoms with van der Waals surface area (Å²) in [6.45, 7) is 5.66. The van der Waals surface area contributed by atoms with E-state index in [4.69, 9.17) is 10.5 Å². The van der Waals surface area contributed by atoms with E-state index in [0.29, 0.717) is 0 Å². The summed E-state index contributed by atoms with van der Waals surface area (Å²) in [5, 5.41) is 2.98. The summed E-state index contributed by atoms with van der Waals surface area (Å²) in [7, 11) is 1.77. The van der Waals surface area contributed by atoms with Crippen LogP contribution in [0.2, 0.25) is 0 Å². The lowest BCUT2D eigenvalue weighted by Crippen LogP contribution is -2.51. The van der Waals surface area contributed by atoms with Crippen LogP contribution in [0.3, 0.4) is 0 Å². The van der Waals surface area contributed by atoms with Crippen molar-refractivity contribution in [3.63, 3.8) is 0 Å². The second-order valence-electron chi connectivity index (χ2n) is 4.72. The highest BCUT2D eigenvalue weighted by Crippen LogP contribution is 2.12. The first-order valence-corrected chi connectivity index (χ1v) is 6.63. The minimum atomic E-state index is -0.581. The number of rotatable bonds is 11. The zero-order valence-corrected chi connectivity index (χ0v) is 11.6. The molecule has 4 heteroatoms. The monoisotopic (exact) mass is 244 g/mol. The summed E-state index contributed by atoms with van der Waals surface area (Å²) in [4.78, 5) is 11.2. The molecule has 1 unspecified atom stereocenters. The molecule has 0 saturated carbocycles. The SMILES string of the molecule is CCCCCOCCCCC(C)(NC)C(N)=O. The first-order chi connectivity index (χ1) is 8.06. The maximum absolute atomic E-state index is 11.2. The van der Waals surface area contributed by atoms with Crippen LogP contribution in [0.1, 0.15) is 52.4 Å². The molecule has 1 amide bonds. The van der Waals surface area contributed by atoms with Crippen LogP contribution in [0.4, 0.5) is 0 Å². The van der Waals surface area contributed by atoms with Crippen molar-refractivity contribution in [3.05, 3.63) is 0 Å². The third-order valence-corrected chi connectivity index (χ3v) is 3.20. The molecular formula is C13H28N2O2. The summed E-state index contributed by atoms with van der Waals surface area (Å²) >= 11 is 0. The highest BCUT2D eigenvalue weighted by molar-refractivity contribution is 5.84. The predicted octanol–water partition coefficient (Wildman–Crippen LogP) is 1.83. The van der Waals surface area contributed by atoms with Crippen LogP contribution in [0.15, 0.2) is 0 Å². The summed E-state index contributed by atoms with van der Waals surface area (Å²) in [5.74, 6) is -0.288. The maximum Gasteiger partial charge on any atom is 0.237 e. The number of carbonyl (C=O) groups excluding carboxylic acids is 1. The van der Waals surface area contributed by atoms with Gasteiger partial charge in [-0.1, -0.05) is 19.8 Å². The molecule has 0 spiro atoms. The lowest BCUT2D eigenvalue weighted by molar-refractivity contribution is -0.123. The fourth-order valence-electron chi connectivity index (χ4n) is 1.61. The van der Waals surface area contributed by atoms with E-state index in [1.165, 1.54) is 12.8 Å². The topological polar surface area (TPSA) is 64.3 Å². The van der Waals surface area contributed by atoms with E-state index >= 15 is 0 Å². The van der Waals surface area contributed by atoms with Crippen LogP contribution in [-0.4, -0.2) is 31.7 Å². The highest BCUT2D eigenvalue weighted by atomic mass is 16.5. The van der Waals surface area contributed by atoms with Crippen LogP contribution < -0.4 is 11.1 Å². The molecule has 0 aromatic rings. The lowest BCUT2D eigenvalue weighted by atomic mass is 9.94. The molecule has 0 aromatic heterocycles. The number of hydrogen-bond donors (Lipinski definition) is 2. The number of nitrogens with two attached hydrogens (primary N) is 1. The second-order valence-corrected chi connectivity index (χ2v) is 4.72. The van der Waals surface area contributed by atoms with Gasteiger partial charge < -0.3 is 15.8 Å². The smallest absolute Gasteiger partial charge is 0.237 e. The number of amides is 1. The fraction of sp³-hybridized carbons (Fsp3) is 0.923. The lowest BCUT2D eigenvalue weighted by Gasteiger charge is -2.25. The number of ether oxygens (including phenoxy) is 1. The van der Waals surface area contributed by atoms with Crippen molar-refractivity contribution in [2.45, 2.75) is 57.9 Å². The molecule has 17 heavy (non-hydrogen) atoms. The third-order valence-electron chi connectivity index (χ3n) is 3.20. The molecule has 0 fully saturated rings. The molecule has 102 valence electrons. The molecule has 1 atom stereocenters. The molecule has 3 N–H and O–H groups in total. The Hall–Kier alpha value is -0.610. The molecule has 0 aliphatic heterocycles. The Kier molecular flexibility index (Phi) is 9.09. The Morgan fingerprint density at radius 3 is 2.29 bits per heavy atom. The van der Waals surface area contributed by atoms with Crippen molar-refractivity contribution in [3.8, 4) is 0 Å². The molecule has 0 aliphatic carbocycles. The molecule has 4 nitrogen and oxygen atoms in total.